The fourth-order valence-electron chi connectivity index (χ4n) is 2.84. The fourth-order valence-corrected chi connectivity index (χ4v) is 2.84. The minimum absolute atomic E-state index is 0.202. The summed E-state index contributed by atoms with van der Waals surface area (Å²) >= 11 is 0. The molecular formula is C18H28FN3O. The highest BCUT2D eigenvalue weighted by Crippen LogP contribution is 2.19. The van der Waals surface area contributed by atoms with Crippen molar-refractivity contribution >= 4 is 5.96 Å². The topological polar surface area (TPSA) is 45.7 Å². The molecule has 1 aliphatic rings. The van der Waals surface area contributed by atoms with Crippen molar-refractivity contribution in [3.05, 3.63) is 35.6 Å². The maximum absolute atomic E-state index is 13.6. The number of halogens is 1. The van der Waals surface area contributed by atoms with E-state index in [0.717, 1.165) is 0 Å². The Bertz CT molecular complexity index is 485. The van der Waals surface area contributed by atoms with Crippen molar-refractivity contribution in [3.8, 4) is 0 Å². The SMILES string of the molecule is CN=C(NCCOC1CCCCCC1)NCc1ccccc1F. The summed E-state index contributed by atoms with van der Waals surface area (Å²) in [4.78, 5) is 4.15. The molecule has 128 valence electrons. The van der Waals surface area contributed by atoms with Gasteiger partial charge in [0.25, 0.3) is 0 Å². The summed E-state index contributed by atoms with van der Waals surface area (Å²) in [6, 6.07) is 6.76. The third kappa shape index (κ3) is 6.57. The largest absolute Gasteiger partial charge is 0.376 e. The Balaban J connectivity index is 1.64. The van der Waals surface area contributed by atoms with E-state index in [9.17, 15) is 4.39 Å². The molecule has 0 heterocycles. The number of rotatable bonds is 6. The van der Waals surface area contributed by atoms with Crippen molar-refractivity contribution in [3.63, 3.8) is 0 Å². The third-order valence-electron chi connectivity index (χ3n) is 4.18. The molecule has 0 unspecified atom stereocenters. The van der Waals surface area contributed by atoms with E-state index in [1.165, 1.54) is 44.6 Å². The predicted molar refractivity (Wildman–Crippen MR) is 92.0 cm³/mol. The second-order valence-electron chi connectivity index (χ2n) is 5.93. The van der Waals surface area contributed by atoms with Crippen LogP contribution >= 0.6 is 0 Å². The summed E-state index contributed by atoms with van der Waals surface area (Å²) in [5.74, 6) is 0.463. The minimum atomic E-state index is -0.202. The first kappa shape index (κ1) is 17.7. The van der Waals surface area contributed by atoms with Crippen molar-refractivity contribution in [1.29, 1.82) is 0 Å². The molecule has 2 N–H and O–H groups in total. The van der Waals surface area contributed by atoms with E-state index < -0.39 is 0 Å². The molecule has 0 spiro atoms. The Morgan fingerprint density at radius 1 is 1.17 bits per heavy atom. The average Bonchev–Trinajstić information content (AvgIpc) is 2.84. The van der Waals surface area contributed by atoms with Gasteiger partial charge in [-0.25, -0.2) is 4.39 Å². The molecule has 0 aromatic heterocycles. The Morgan fingerprint density at radius 3 is 2.61 bits per heavy atom. The monoisotopic (exact) mass is 321 g/mol. The van der Waals surface area contributed by atoms with E-state index >= 15 is 0 Å². The first-order chi connectivity index (χ1) is 11.3. The van der Waals surface area contributed by atoms with Crippen LogP contribution in [-0.2, 0) is 11.3 Å². The van der Waals surface area contributed by atoms with Gasteiger partial charge in [-0.15, -0.1) is 0 Å². The van der Waals surface area contributed by atoms with E-state index in [1.54, 1.807) is 19.2 Å². The van der Waals surface area contributed by atoms with Gasteiger partial charge in [-0.1, -0.05) is 43.9 Å². The average molecular weight is 321 g/mol. The first-order valence-electron chi connectivity index (χ1n) is 8.59. The highest BCUT2D eigenvalue weighted by Gasteiger charge is 2.12. The molecule has 4 nitrogen and oxygen atoms in total. The van der Waals surface area contributed by atoms with Crippen LogP contribution in [0.5, 0.6) is 0 Å². The van der Waals surface area contributed by atoms with Crippen LogP contribution < -0.4 is 10.6 Å². The molecule has 1 aliphatic carbocycles. The molecule has 0 aliphatic heterocycles. The lowest BCUT2D eigenvalue weighted by Crippen LogP contribution is -2.39. The number of hydrogen-bond donors (Lipinski definition) is 2. The highest BCUT2D eigenvalue weighted by molar-refractivity contribution is 5.79. The predicted octanol–water partition coefficient (Wildman–Crippen LogP) is 3.23. The van der Waals surface area contributed by atoms with Crippen LogP contribution in [-0.4, -0.2) is 32.3 Å². The van der Waals surface area contributed by atoms with Crippen molar-refractivity contribution in [2.24, 2.45) is 4.99 Å². The summed E-state index contributed by atoms with van der Waals surface area (Å²) in [5.41, 5.74) is 0.630. The van der Waals surface area contributed by atoms with Gasteiger partial charge >= 0.3 is 0 Å². The molecule has 2 rings (SSSR count). The van der Waals surface area contributed by atoms with Gasteiger partial charge in [-0.2, -0.15) is 0 Å². The standard InChI is InChI=1S/C18H28FN3O/c1-20-18(22-14-15-8-6-7-11-17(15)19)21-12-13-23-16-9-4-2-3-5-10-16/h6-8,11,16H,2-5,9-10,12-14H2,1H3,(H2,20,21,22). The molecule has 0 bridgehead atoms. The van der Waals surface area contributed by atoms with Crippen molar-refractivity contribution in [2.75, 3.05) is 20.2 Å². The van der Waals surface area contributed by atoms with Gasteiger partial charge in [0.1, 0.15) is 5.82 Å². The van der Waals surface area contributed by atoms with E-state index in [1.807, 2.05) is 6.07 Å². The summed E-state index contributed by atoms with van der Waals surface area (Å²) in [5, 5.41) is 6.32. The maximum atomic E-state index is 13.6. The van der Waals surface area contributed by atoms with Gasteiger partial charge in [0, 0.05) is 25.7 Å². The smallest absolute Gasteiger partial charge is 0.191 e. The number of nitrogens with one attached hydrogen (secondary N) is 2. The molecule has 0 radical (unpaired) electrons. The number of benzene rings is 1. The Kier molecular flexibility index (Phi) is 7.87. The number of guanidine groups is 1. The number of nitrogens with zero attached hydrogens (tertiary/aromatic N) is 1. The molecule has 0 amide bonds. The number of hydrogen-bond acceptors (Lipinski definition) is 2. The molecular weight excluding hydrogens is 293 g/mol. The lowest BCUT2D eigenvalue weighted by atomic mass is 10.1. The van der Waals surface area contributed by atoms with Crippen LogP contribution in [0.15, 0.2) is 29.3 Å². The molecule has 0 saturated heterocycles. The molecule has 23 heavy (non-hydrogen) atoms. The van der Waals surface area contributed by atoms with Crippen LogP contribution in [0.1, 0.15) is 44.1 Å². The lowest BCUT2D eigenvalue weighted by Gasteiger charge is -2.17. The van der Waals surface area contributed by atoms with Crippen molar-refractivity contribution in [1.82, 2.24) is 10.6 Å². The van der Waals surface area contributed by atoms with Gasteiger partial charge in [-0.05, 0) is 18.9 Å². The zero-order valence-corrected chi connectivity index (χ0v) is 14.0. The quantitative estimate of drug-likeness (QED) is 0.366. The van der Waals surface area contributed by atoms with Crippen LogP contribution in [0.4, 0.5) is 4.39 Å². The van der Waals surface area contributed by atoms with Gasteiger partial charge < -0.3 is 15.4 Å². The van der Waals surface area contributed by atoms with E-state index in [2.05, 4.69) is 15.6 Å². The second kappa shape index (κ2) is 10.2. The highest BCUT2D eigenvalue weighted by atomic mass is 19.1. The molecule has 1 aromatic carbocycles. The normalized spacial score (nSPS) is 16.9. The first-order valence-corrected chi connectivity index (χ1v) is 8.59. The summed E-state index contributed by atoms with van der Waals surface area (Å²) in [6.07, 6.45) is 8.01. The fraction of sp³-hybridized carbons (Fsp3) is 0.611. The molecule has 5 heteroatoms. The Hall–Kier alpha value is -1.62. The third-order valence-corrected chi connectivity index (χ3v) is 4.18. The number of ether oxygens (including phenoxy) is 1. The van der Waals surface area contributed by atoms with E-state index in [4.69, 9.17) is 4.74 Å². The van der Waals surface area contributed by atoms with E-state index in [0.29, 0.717) is 37.3 Å². The van der Waals surface area contributed by atoms with Crippen LogP contribution in [0.3, 0.4) is 0 Å². The summed E-state index contributed by atoms with van der Waals surface area (Å²) in [6.45, 7) is 1.79. The van der Waals surface area contributed by atoms with Crippen molar-refractivity contribution in [2.45, 2.75) is 51.2 Å². The summed E-state index contributed by atoms with van der Waals surface area (Å²) in [7, 11) is 1.71. The van der Waals surface area contributed by atoms with Gasteiger partial charge in [0.15, 0.2) is 5.96 Å². The van der Waals surface area contributed by atoms with Gasteiger partial charge in [-0.3, -0.25) is 4.99 Å². The van der Waals surface area contributed by atoms with Crippen LogP contribution in [0.25, 0.3) is 0 Å². The second-order valence-corrected chi connectivity index (χ2v) is 5.93. The zero-order chi connectivity index (χ0) is 16.3. The maximum Gasteiger partial charge on any atom is 0.191 e. The molecule has 1 fully saturated rings. The lowest BCUT2D eigenvalue weighted by molar-refractivity contribution is 0.0468. The summed E-state index contributed by atoms with van der Waals surface area (Å²) < 4.78 is 19.5. The molecule has 0 atom stereocenters. The van der Waals surface area contributed by atoms with Crippen LogP contribution in [0, 0.1) is 5.82 Å². The minimum Gasteiger partial charge on any atom is -0.376 e. The van der Waals surface area contributed by atoms with Gasteiger partial charge in [0.2, 0.25) is 0 Å². The van der Waals surface area contributed by atoms with Gasteiger partial charge in [0.05, 0.1) is 12.7 Å². The molecule has 1 aromatic rings. The zero-order valence-electron chi connectivity index (χ0n) is 14.0. The number of aliphatic imine (C=N–C) groups is 1. The van der Waals surface area contributed by atoms with Crippen LogP contribution in [0.2, 0.25) is 0 Å². The Morgan fingerprint density at radius 2 is 1.91 bits per heavy atom. The van der Waals surface area contributed by atoms with E-state index in [-0.39, 0.29) is 5.82 Å². The molecule has 1 saturated carbocycles. The van der Waals surface area contributed by atoms with Crippen molar-refractivity contribution < 1.29 is 9.13 Å². The Labute approximate surface area is 138 Å².